The summed E-state index contributed by atoms with van der Waals surface area (Å²) in [5, 5.41) is 9.03. The van der Waals surface area contributed by atoms with Gasteiger partial charge in [-0.1, -0.05) is 92.6 Å². The Balaban J connectivity index is 1.09. The second kappa shape index (κ2) is 15.5. The molecule has 3 aromatic carbocycles. The van der Waals surface area contributed by atoms with Crippen molar-refractivity contribution in [2.45, 2.75) is 76.6 Å². The van der Waals surface area contributed by atoms with E-state index >= 15 is 0 Å². The summed E-state index contributed by atoms with van der Waals surface area (Å²) >= 11 is 0. The summed E-state index contributed by atoms with van der Waals surface area (Å²) in [6, 6.07) is 25.3. The van der Waals surface area contributed by atoms with Crippen molar-refractivity contribution in [3.8, 4) is 11.1 Å². The molecule has 0 amide bonds. The van der Waals surface area contributed by atoms with Crippen LogP contribution in [0.5, 0.6) is 0 Å². The minimum atomic E-state index is -4.35. The Morgan fingerprint density at radius 2 is 1.48 bits per heavy atom. The monoisotopic (exact) mass is 632 g/mol. The van der Waals surface area contributed by atoms with E-state index in [1.807, 2.05) is 11.0 Å². The van der Waals surface area contributed by atoms with Gasteiger partial charge in [0, 0.05) is 32.2 Å². The average Bonchev–Trinajstić information content (AvgIpc) is 3.57. The third-order valence-corrected chi connectivity index (χ3v) is 9.35. The number of hydrogen-bond donors (Lipinski definition) is 2. The summed E-state index contributed by atoms with van der Waals surface area (Å²) in [6.45, 7) is 5.96. The fourth-order valence-electron chi connectivity index (χ4n) is 6.67. The van der Waals surface area contributed by atoms with Gasteiger partial charge in [-0.3, -0.25) is 10.4 Å². The van der Waals surface area contributed by atoms with Gasteiger partial charge in [-0.25, -0.2) is 0 Å². The van der Waals surface area contributed by atoms with Crippen LogP contribution in [-0.4, -0.2) is 71.4 Å². The van der Waals surface area contributed by atoms with Gasteiger partial charge in [0.25, 0.3) is 0 Å². The molecule has 1 saturated heterocycles. The van der Waals surface area contributed by atoms with E-state index in [1.165, 1.54) is 28.8 Å². The Morgan fingerprint density at radius 3 is 2.22 bits per heavy atom. The first-order chi connectivity index (χ1) is 22.2. The zero-order valence-electron chi connectivity index (χ0n) is 26.9. The molecule has 0 saturated carbocycles. The van der Waals surface area contributed by atoms with Gasteiger partial charge >= 0.3 is 6.18 Å². The maximum absolute atomic E-state index is 13.1. The van der Waals surface area contributed by atoms with Crippen LogP contribution in [-0.2, 0) is 19.0 Å². The number of nitrogens with zero attached hydrogens (tertiary/aromatic N) is 4. The maximum Gasteiger partial charge on any atom is 0.416 e. The Hall–Kier alpha value is -4.01. The van der Waals surface area contributed by atoms with Gasteiger partial charge in [0.1, 0.15) is 0 Å². The normalized spacial score (nSPS) is 18.5. The lowest BCUT2D eigenvalue weighted by Gasteiger charge is -2.27. The van der Waals surface area contributed by atoms with Crippen molar-refractivity contribution in [3.05, 3.63) is 95.6 Å². The van der Waals surface area contributed by atoms with Gasteiger partial charge in [-0.2, -0.15) is 13.2 Å². The first-order valence-electron chi connectivity index (χ1n) is 16.7. The SMILES string of the molecule is CCCC[C@H]1CN(CCCC[C@H]2CN=C(N)N2CCc2cccc(C(F)(F)F)c2)C(=N)N1CCc1ccc(-c2ccccc2)cc1. The summed E-state index contributed by atoms with van der Waals surface area (Å²) in [6.07, 6.45) is 3.31. The van der Waals surface area contributed by atoms with Crippen molar-refractivity contribution in [2.24, 2.45) is 10.7 Å². The first kappa shape index (κ1) is 33.4. The molecule has 3 N–H and O–H groups in total. The zero-order chi connectivity index (χ0) is 32.5. The fraction of sp³-hybridized carbons (Fsp3) is 0.459. The van der Waals surface area contributed by atoms with Crippen LogP contribution in [0.25, 0.3) is 11.1 Å². The summed E-state index contributed by atoms with van der Waals surface area (Å²) in [4.78, 5) is 11.0. The molecule has 9 heteroatoms. The van der Waals surface area contributed by atoms with E-state index in [1.54, 1.807) is 6.07 Å². The zero-order valence-corrected chi connectivity index (χ0v) is 26.9. The molecular formula is C37H47F3N6. The molecule has 2 aliphatic rings. The van der Waals surface area contributed by atoms with Gasteiger partial charge < -0.3 is 20.4 Å². The molecule has 0 aliphatic carbocycles. The molecule has 2 aliphatic heterocycles. The van der Waals surface area contributed by atoms with Crippen molar-refractivity contribution in [1.82, 2.24) is 14.7 Å². The van der Waals surface area contributed by atoms with E-state index in [0.29, 0.717) is 43.0 Å². The predicted octanol–water partition coefficient (Wildman–Crippen LogP) is 7.44. The Morgan fingerprint density at radius 1 is 0.783 bits per heavy atom. The lowest BCUT2D eigenvalue weighted by Crippen LogP contribution is -2.42. The third-order valence-electron chi connectivity index (χ3n) is 9.35. The van der Waals surface area contributed by atoms with Crippen LogP contribution in [0, 0.1) is 5.41 Å². The molecule has 0 aromatic heterocycles. The van der Waals surface area contributed by atoms with Crippen LogP contribution in [0.4, 0.5) is 13.2 Å². The second-order valence-electron chi connectivity index (χ2n) is 12.6. The van der Waals surface area contributed by atoms with Gasteiger partial charge in [0.2, 0.25) is 0 Å². The molecule has 246 valence electrons. The number of rotatable bonds is 15. The highest BCUT2D eigenvalue weighted by Gasteiger charge is 2.34. The molecule has 2 atom stereocenters. The summed E-state index contributed by atoms with van der Waals surface area (Å²) < 4.78 is 39.4. The molecular weight excluding hydrogens is 585 g/mol. The molecule has 0 unspecified atom stereocenters. The molecule has 2 heterocycles. The van der Waals surface area contributed by atoms with E-state index in [0.717, 1.165) is 70.6 Å². The number of nitrogens with two attached hydrogens (primary N) is 1. The predicted molar refractivity (Wildman–Crippen MR) is 181 cm³/mol. The number of halogens is 3. The first-order valence-corrected chi connectivity index (χ1v) is 16.7. The summed E-state index contributed by atoms with van der Waals surface area (Å²) in [7, 11) is 0. The Bertz CT molecular complexity index is 1440. The van der Waals surface area contributed by atoms with Crippen LogP contribution < -0.4 is 5.73 Å². The summed E-state index contributed by atoms with van der Waals surface area (Å²) in [5.74, 6) is 1.11. The number of nitrogens with one attached hydrogen (secondary N) is 1. The number of benzene rings is 3. The van der Waals surface area contributed by atoms with Gasteiger partial charge in [-0.15, -0.1) is 0 Å². The molecule has 1 fully saturated rings. The smallest absolute Gasteiger partial charge is 0.370 e. The highest BCUT2D eigenvalue weighted by atomic mass is 19.4. The molecule has 46 heavy (non-hydrogen) atoms. The van der Waals surface area contributed by atoms with E-state index in [-0.39, 0.29) is 6.04 Å². The van der Waals surface area contributed by atoms with Crippen LogP contribution in [0.15, 0.2) is 83.9 Å². The van der Waals surface area contributed by atoms with Gasteiger partial charge in [-0.05, 0) is 66.8 Å². The van der Waals surface area contributed by atoms with E-state index in [4.69, 9.17) is 11.1 Å². The molecule has 6 nitrogen and oxygen atoms in total. The van der Waals surface area contributed by atoms with Crippen LogP contribution >= 0.6 is 0 Å². The Labute approximate surface area is 271 Å². The second-order valence-corrected chi connectivity index (χ2v) is 12.6. The minimum Gasteiger partial charge on any atom is -0.370 e. The minimum absolute atomic E-state index is 0.158. The quantitative estimate of drug-likeness (QED) is 0.171. The van der Waals surface area contributed by atoms with Crippen molar-refractivity contribution < 1.29 is 13.2 Å². The largest absolute Gasteiger partial charge is 0.416 e. The standard InChI is InChI=1S/C37H47F3N6/c1-2-3-14-34-27-44(36(42)46(34)24-20-28-16-18-31(19-17-28)30-11-5-4-6-12-30)22-8-7-15-33-26-43-35(41)45(33)23-21-29-10-9-13-32(25-29)37(38,39)40/h4-6,9-13,16-19,25,33-34,42H,2-3,7-8,14-15,20-24,26-27H2,1H3,(H2,41,43)/t33-,34-/m0/s1. The lowest BCUT2D eigenvalue weighted by molar-refractivity contribution is -0.137. The molecule has 0 bridgehead atoms. The highest BCUT2D eigenvalue weighted by molar-refractivity contribution is 5.80. The molecule has 5 rings (SSSR count). The molecule has 0 radical (unpaired) electrons. The molecule has 3 aromatic rings. The van der Waals surface area contributed by atoms with Crippen molar-refractivity contribution in [2.75, 3.05) is 32.7 Å². The van der Waals surface area contributed by atoms with Crippen molar-refractivity contribution in [3.63, 3.8) is 0 Å². The van der Waals surface area contributed by atoms with Crippen molar-refractivity contribution in [1.29, 1.82) is 5.41 Å². The van der Waals surface area contributed by atoms with E-state index in [2.05, 4.69) is 70.2 Å². The number of guanidine groups is 2. The Kier molecular flexibility index (Phi) is 11.3. The number of unbranched alkanes of at least 4 members (excludes halogenated alkanes) is 2. The number of alkyl halides is 3. The van der Waals surface area contributed by atoms with Crippen LogP contribution in [0.2, 0.25) is 0 Å². The van der Waals surface area contributed by atoms with Gasteiger partial charge in [0.15, 0.2) is 11.9 Å². The highest BCUT2D eigenvalue weighted by Crippen LogP contribution is 2.30. The third kappa shape index (κ3) is 8.62. The topological polar surface area (TPSA) is 72.0 Å². The van der Waals surface area contributed by atoms with Gasteiger partial charge in [0.05, 0.1) is 18.2 Å². The molecule has 0 spiro atoms. The van der Waals surface area contributed by atoms with Crippen LogP contribution in [0.1, 0.15) is 62.1 Å². The summed E-state index contributed by atoms with van der Waals surface area (Å²) in [5.41, 5.74) is 9.94. The fourth-order valence-corrected chi connectivity index (χ4v) is 6.67. The van der Waals surface area contributed by atoms with Crippen molar-refractivity contribution >= 4 is 11.9 Å². The number of aliphatic imine (C=N–C) groups is 1. The number of hydrogen-bond acceptors (Lipinski definition) is 4. The van der Waals surface area contributed by atoms with Crippen LogP contribution in [0.3, 0.4) is 0 Å². The average molecular weight is 633 g/mol. The lowest BCUT2D eigenvalue weighted by atomic mass is 10.0. The van der Waals surface area contributed by atoms with E-state index in [9.17, 15) is 13.2 Å². The van der Waals surface area contributed by atoms with E-state index < -0.39 is 11.7 Å². The maximum atomic E-state index is 13.1.